The molecule has 0 bridgehead atoms. The summed E-state index contributed by atoms with van der Waals surface area (Å²) < 4.78 is 80.3. The highest BCUT2D eigenvalue weighted by atomic mass is 32.2. The van der Waals surface area contributed by atoms with Crippen LogP contribution in [-0.2, 0) is 20.0 Å². The highest BCUT2D eigenvalue weighted by Gasteiger charge is 2.29. The molecule has 1 aliphatic rings. The van der Waals surface area contributed by atoms with Crippen LogP contribution in [0.2, 0.25) is 0 Å². The Balaban J connectivity index is 1.78. The minimum absolute atomic E-state index is 0.0414. The molecule has 0 saturated heterocycles. The van der Waals surface area contributed by atoms with Gasteiger partial charge >= 0.3 is 0 Å². The summed E-state index contributed by atoms with van der Waals surface area (Å²) in [4.78, 5) is -0.383. The van der Waals surface area contributed by atoms with Gasteiger partial charge < -0.3 is 0 Å². The van der Waals surface area contributed by atoms with Gasteiger partial charge in [0, 0.05) is 18.8 Å². The van der Waals surface area contributed by atoms with Crippen molar-refractivity contribution in [1.29, 1.82) is 0 Å². The quantitative estimate of drug-likeness (QED) is 0.736. The van der Waals surface area contributed by atoms with Crippen LogP contribution in [0.25, 0.3) is 0 Å². The van der Waals surface area contributed by atoms with E-state index in [1.165, 1.54) is 28.6 Å². The lowest BCUT2D eigenvalue weighted by Crippen LogP contribution is -2.38. The zero-order valence-corrected chi connectivity index (χ0v) is 17.4. The highest BCUT2D eigenvalue weighted by molar-refractivity contribution is 7.92. The Morgan fingerprint density at radius 3 is 2.03 bits per heavy atom. The average Bonchev–Trinajstić information content (AvgIpc) is 2.70. The third kappa shape index (κ3) is 4.76. The van der Waals surface area contributed by atoms with E-state index in [2.05, 4.69) is 4.72 Å². The van der Waals surface area contributed by atoms with Gasteiger partial charge in [-0.3, -0.25) is 4.72 Å². The molecule has 1 N–H and O–H groups in total. The molecule has 0 aliphatic heterocycles. The van der Waals surface area contributed by atoms with E-state index in [0.717, 1.165) is 44.2 Å². The predicted molar refractivity (Wildman–Crippen MR) is 105 cm³/mol. The topological polar surface area (TPSA) is 83.6 Å². The third-order valence-corrected chi connectivity index (χ3v) is 8.38. The number of sulfonamides is 2. The average molecular weight is 445 g/mol. The molecule has 0 unspecified atom stereocenters. The lowest BCUT2D eigenvalue weighted by Gasteiger charge is -2.30. The first-order valence-corrected chi connectivity index (χ1v) is 12.1. The van der Waals surface area contributed by atoms with Gasteiger partial charge in [0.2, 0.25) is 10.0 Å². The van der Waals surface area contributed by atoms with E-state index < -0.39 is 36.6 Å². The van der Waals surface area contributed by atoms with Crippen molar-refractivity contribution >= 4 is 25.7 Å². The molecule has 6 nitrogen and oxygen atoms in total. The fourth-order valence-electron chi connectivity index (χ4n) is 3.36. The Hall–Kier alpha value is -2.04. The molecule has 1 fully saturated rings. The van der Waals surface area contributed by atoms with Crippen LogP contribution in [-0.4, -0.2) is 34.2 Å². The second-order valence-corrected chi connectivity index (χ2v) is 10.7. The number of rotatable bonds is 6. The number of hydrogen-bond donors (Lipinski definition) is 1. The molecular formula is C19H22F2N2O4S2. The zero-order chi connectivity index (χ0) is 21.2. The Labute approximate surface area is 169 Å². The highest BCUT2D eigenvalue weighted by Crippen LogP contribution is 2.27. The number of halogens is 2. The van der Waals surface area contributed by atoms with E-state index in [0.29, 0.717) is 6.07 Å². The molecule has 2 aromatic carbocycles. The minimum atomic E-state index is -4.15. The lowest BCUT2D eigenvalue weighted by molar-refractivity contribution is 0.286. The maximum absolute atomic E-state index is 13.3. The van der Waals surface area contributed by atoms with Crippen molar-refractivity contribution in [1.82, 2.24) is 4.31 Å². The van der Waals surface area contributed by atoms with E-state index in [9.17, 15) is 25.6 Å². The second-order valence-electron chi connectivity index (χ2n) is 7.02. The van der Waals surface area contributed by atoms with E-state index in [4.69, 9.17) is 0 Å². The van der Waals surface area contributed by atoms with Gasteiger partial charge in [-0.1, -0.05) is 19.3 Å². The molecule has 0 atom stereocenters. The molecule has 1 aliphatic carbocycles. The van der Waals surface area contributed by atoms with Crippen molar-refractivity contribution < 1.29 is 25.6 Å². The Bertz CT molecular complexity index is 1080. The van der Waals surface area contributed by atoms with Crippen molar-refractivity contribution in [2.24, 2.45) is 0 Å². The molecule has 1 saturated carbocycles. The SMILES string of the molecule is CN(C1CCCCC1)S(=O)(=O)c1ccc(NS(=O)(=O)c2ccc(F)c(F)c2)cc1. The molecule has 0 spiro atoms. The van der Waals surface area contributed by atoms with Crippen LogP contribution >= 0.6 is 0 Å². The van der Waals surface area contributed by atoms with Crippen LogP contribution in [0.5, 0.6) is 0 Å². The number of benzene rings is 2. The van der Waals surface area contributed by atoms with Gasteiger partial charge in [0.15, 0.2) is 11.6 Å². The lowest BCUT2D eigenvalue weighted by atomic mass is 9.96. The largest absolute Gasteiger partial charge is 0.280 e. The summed E-state index contributed by atoms with van der Waals surface area (Å²) in [6.07, 6.45) is 4.74. The van der Waals surface area contributed by atoms with Crippen molar-refractivity contribution in [2.75, 3.05) is 11.8 Å². The van der Waals surface area contributed by atoms with Crippen molar-refractivity contribution in [3.63, 3.8) is 0 Å². The maximum atomic E-state index is 13.3. The Kier molecular flexibility index (Phi) is 6.25. The predicted octanol–water partition coefficient (Wildman–Crippen LogP) is 3.72. The van der Waals surface area contributed by atoms with Crippen LogP contribution in [0.15, 0.2) is 52.3 Å². The minimum Gasteiger partial charge on any atom is -0.280 e. The monoisotopic (exact) mass is 444 g/mol. The fraction of sp³-hybridized carbons (Fsp3) is 0.368. The smallest absolute Gasteiger partial charge is 0.261 e. The summed E-state index contributed by atoms with van der Waals surface area (Å²) in [6.45, 7) is 0. The molecule has 158 valence electrons. The normalized spacial score (nSPS) is 16.1. The third-order valence-electron chi connectivity index (χ3n) is 5.07. The number of nitrogens with zero attached hydrogens (tertiary/aromatic N) is 1. The summed E-state index contributed by atoms with van der Waals surface area (Å²) in [5.74, 6) is -2.43. The van der Waals surface area contributed by atoms with Gasteiger partial charge in [-0.05, 0) is 55.3 Å². The first-order chi connectivity index (χ1) is 13.6. The molecule has 0 amide bonds. The zero-order valence-electron chi connectivity index (χ0n) is 15.8. The van der Waals surface area contributed by atoms with Crippen LogP contribution in [0.4, 0.5) is 14.5 Å². The summed E-state index contributed by atoms with van der Waals surface area (Å²) in [6, 6.07) is 7.48. The van der Waals surface area contributed by atoms with Gasteiger partial charge in [-0.15, -0.1) is 0 Å². The van der Waals surface area contributed by atoms with Crippen molar-refractivity contribution in [2.45, 2.75) is 47.9 Å². The summed E-state index contributed by atoms with van der Waals surface area (Å²) in [7, 11) is -6.29. The Morgan fingerprint density at radius 1 is 0.862 bits per heavy atom. The van der Waals surface area contributed by atoms with Crippen LogP contribution in [0, 0.1) is 11.6 Å². The van der Waals surface area contributed by atoms with Gasteiger partial charge in [0.1, 0.15) is 0 Å². The van der Waals surface area contributed by atoms with E-state index in [1.807, 2.05) is 0 Å². The summed E-state index contributed by atoms with van der Waals surface area (Å²) in [5.41, 5.74) is 0.106. The van der Waals surface area contributed by atoms with Crippen LogP contribution in [0.1, 0.15) is 32.1 Å². The second kappa shape index (κ2) is 8.37. The van der Waals surface area contributed by atoms with Gasteiger partial charge in [-0.25, -0.2) is 25.6 Å². The number of anilines is 1. The summed E-state index contributed by atoms with van der Waals surface area (Å²) in [5, 5.41) is 0. The van der Waals surface area contributed by atoms with Crippen LogP contribution < -0.4 is 4.72 Å². The molecule has 0 aromatic heterocycles. The maximum Gasteiger partial charge on any atom is 0.261 e. The van der Waals surface area contributed by atoms with Crippen molar-refractivity contribution in [3.8, 4) is 0 Å². The molecule has 29 heavy (non-hydrogen) atoms. The first kappa shape index (κ1) is 21.7. The van der Waals surface area contributed by atoms with E-state index >= 15 is 0 Å². The Morgan fingerprint density at radius 2 is 1.45 bits per heavy atom. The molecule has 3 rings (SSSR count). The standard InChI is InChI=1S/C19H22F2N2O4S2/c1-23(15-5-3-2-4-6-15)29(26,27)16-9-7-14(8-10-16)22-28(24,25)17-11-12-18(20)19(21)13-17/h7-13,15,22H,2-6H2,1H3. The molecule has 0 radical (unpaired) electrons. The van der Waals surface area contributed by atoms with Crippen LogP contribution in [0.3, 0.4) is 0 Å². The van der Waals surface area contributed by atoms with Gasteiger partial charge in [0.25, 0.3) is 10.0 Å². The molecule has 0 heterocycles. The summed E-state index contributed by atoms with van der Waals surface area (Å²) >= 11 is 0. The molecule has 10 heteroatoms. The number of nitrogens with one attached hydrogen (secondary N) is 1. The molecular weight excluding hydrogens is 422 g/mol. The van der Waals surface area contributed by atoms with E-state index in [1.54, 1.807) is 7.05 Å². The van der Waals surface area contributed by atoms with Gasteiger partial charge in [-0.2, -0.15) is 4.31 Å². The number of hydrogen-bond acceptors (Lipinski definition) is 4. The molecule has 2 aromatic rings. The van der Waals surface area contributed by atoms with Crippen molar-refractivity contribution in [3.05, 3.63) is 54.1 Å². The van der Waals surface area contributed by atoms with E-state index in [-0.39, 0.29) is 16.6 Å². The fourth-order valence-corrected chi connectivity index (χ4v) is 5.85. The van der Waals surface area contributed by atoms with Gasteiger partial charge in [0.05, 0.1) is 9.79 Å². The first-order valence-electron chi connectivity index (χ1n) is 9.17.